The third-order valence-electron chi connectivity index (χ3n) is 19.0. The maximum atomic E-state index is 13.1. The van der Waals surface area contributed by atoms with Crippen molar-refractivity contribution in [1.82, 2.24) is 0 Å². The van der Waals surface area contributed by atoms with E-state index in [2.05, 4.69) is 54.5 Å². The van der Waals surface area contributed by atoms with Gasteiger partial charge in [-0.3, -0.25) is 4.79 Å². The number of carbonyl (C=O) groups is 2. The van der Waals surface area contributed by atoms with E-state index in [9.17, 15) is 60.7 Å². The third kappa shape index (κ3) is 7.67. The van der Waals surface area contributed by atoms with Gasteiger partial charge in [0.25, 0.3) is 0 Å². The summed E-state index contributed by atoms with van der Waals surface area (Å²) in [6, 6.07) is 0. The third-order valence-corrected chi connectivity index (χ3v) is 19.0. The van der Waals surface area contributed by atoms with E-state index in [0.29, 0.717) is 19.3 Å². The first-order valence-corrected chi connectivity index (χ1v) is 23.7. The van der Waals surface area contributed by atoms with Gasteiger partial charge >= 0.3 is 11.9 Å². The van der Waals surface area contributed by atoms with Gasteiger partial charge < -0.3 is 79.5 Å². The van der Waals surface area contributed by atoms with Crippen LogP contribution in [0.2, 0.25) is 0 Å². The molecule has 0 radical (unpaired) electrons. The summed E-state index contributed by atoms with van der Waals surface area (Å²) in [4.78, 5) is 26.2. The highest BCUT2D eigenvalue weighted by Crippen LogP contribution is 2.76. The average Bonchev–Trinajstić information content (AvgIpc) is 3.51. The fourth-order valence-corrected chi connectivity index (χ4v) is 14.9. The Morgan fingerprint density at radius 1 is 0.646 bits per heavy atom. The van der Waals surface area contributed by atoms with Crippen molar-refractivity contribution in [2.75, 3.05) is 13.2 Å². The van der Waals surface area contributed by atoms with Crippen LogP contribution in [-0.4, -0.2) is 168 Å². The van der Waals surface area contributed by atoms with E-state index in [0.717, 1.165) is 44.9 Å². The second-order valence-corrected chi connectivity index (χ2v) is 23.0. The Kier molecular flexibility index (Phi) is 13.1. The van der Waals surface area contributed by atoms with Crippen molar-refractivity contribution in [2.45, 2.75) is 205 Å². The Morgan fingerprint density at radius 3 is 1.82 bits per heavy atom. The molecule has 18 heteroatoms. The van der Waals surface area contributed by atoms with Crippen LogP contribution in [0.3, 0.4) is 0 Å². The molecule has 3 saturated heterocycles. The SMILES string of the molecule is CC1(C)CCC2(C(=O)O)CCC3(C)C(=CCC4C5(C)CCC(OC6OC(C(=O)O)C(OC7OC(CO)C(O)C7O)C(OC7OC(CO)C(O)C(O)C7O)C6O)C(C)(C)C5CCC43C)C2C1. The Hall–Kier alpha value is -1.88. The van der Waals surface area contributed by atoms with Gasteiger partial charge in [0, 0.05) is 0 Å². The zero-order valence-electron chi connectivity index (χ0n) is 38.7. The number of hydrogen-bond donors (Lipinski definition) is 10. The van der Waals surface area contributed by atoms with Gasteiger partial charge in [-0.15, -0.1) is 0 Å². The number of hydrogen-bond acceptors (Lipinski definition) is 16. The smallest absolute Gasteiger partial charge is 0.335 e. The Bertz CT molecular complexity index is 1820. The van der Waals surface area contributed by atoms with Gasteiger partial charge in [0.05, 0.1) is 24.7 Å². The van der Waals surface area contributed by atoms with Gasteiger partial charge in [0.15, 0.2) is 25.0 Å². The minimum absolute atomic E-state index is 0.0127. The number of allylic oxidation sites excluding steroid dienone is 2. The molecule has 0 aromatic carbocycles. The zero-order chi connectivity index (χ0) is 47.6. The first-order chi connectivity index (χ1) is 30.3. The lowest BCUT2D eigenvalue weighted by Crippen LogP contribution is -2.68. The molecule has 0 bridgehead atoms. The second-order valence-electron chi connectivity index (χ2n) is 23.0. The summed E-state index contributed by atoms with van der Waals surface area (Å²) in [6.07, 6.45) is -14.9. The number of aliphatic hydroxyl groups is 8. The van der Waals surface area contributed by atoms with Gasteiger partial charge in [-0.05, 0) is 109 Å². The predicted molar refractivity (Wildman–Crippen MR) is 225 cm³/mol. The topological polar surface area (TPSA) is 292 Å². The van der Waals surface area contributed by atoms with Crippen molar-refractivity contribution in [2.24, 2.45) is 50.2 Å². The minimum Gasteiger partial charge on any atom is -0.481 e. The van der Waals surface area contributed by atoms with Crippen molar-refractivity contribution in [3.63, 3.8) is 0 Å². The van der Waals surface area contributed by atoms with E-state index in [-0.39, 0.29) is 39.4 Å². The molecule has 8 aliphatic rings. The highest BCUT2D eigenvalue weighted by Gasteiger charge is 2.70. The summed E-state index contributed by atoms with van der Waals surface area (Å²) in [5.41, 5.74) is -0.370. The lowest BCUT2D eigenvalue weighted by Gasteiger charge is -2.71. The highest BCUT2D eigenvalue weighted by molar-refractivity contribution is 5.76. The molecule has 5 aliphatic carbocycles. The summed E-state index contributed by atoms with van der Waals surface area (Å²) >= 11 is 0. The number of ether oxygens (including phenoxy) is 6. The number of carboxylic acid groups (broad SMARTS) is 2. The van der Waals surface area contributed by atoms with Crippen LogP contribution in [0.5, 0.6) is 0 Å². The molecular weight excluding hydrogens is 852 g/mol. The summed E-state index contributed by atoms with van der Waals surface area (Å²) in [7, 11) is 0. The van der Waals surface area contributed by atoms with Crippen molar-refractivity contribution in [1.29, 1.82) is 0 Å². The maximum absolute atomic E-state index is 13.1. The zero-order valence-corrected chi connectivity index (χ0v) is 38.7. The van der Waals surface area contributed by atoms with E-state index < -0.39 is 128 Å². The molecule has 0 spiro atoms. The molecule has 4 saturated carbocycles. The Morgan fingerprint density at radius 2 is 1.22 bits per heavy atom. The quantitative estimate of drug-likeness (QED) is 0.110. The maximum Gasteiger partial charge on any atom is 0.335 e. The summed E-state index contributed by atoms with van der Waals surface area (Å²) in [5, 5.41) is 106. The number of carboxylic acids is 2. The first kappa shape index (κ1) is 49.5. The largest absolute Gasteiger partial charge is 0.481 e. The molecule has 8 rings (SSSR count). The van der Waals surface area contributed by atoms with Crippen molar-refractivity contribution >= 4 is 11.9 Å². The number of rotatable bonds is 10. The molecule has 3 heterocycles. The van der Waals surface area contributed by atoms with Crippen molar-refractivity contribution in [3.05, 3.63) is 11.6 Å². The number of fused-ring (bicyclic) bond motifs is 7. The van der Waals surface area contributed by atoms with Crippen molar-refractivity contribution < 1.29 is 89.1 Å². The van der Waals surface area contributed by atoms with E-state index in [1.807, 2.05) is 0 Å². The van der Waals surface area contributed by atoms with E-state index in [1.54, 1.807) is 0 Å². The molecule has 0 amide bonds. The van der Waals surface area contributed by atoms with Gasteiger partial charge in [0.2, 0.25) is 0 Å². The van der Waals surface area contributed by atoms with Crippen LogP contribution in [0.4, 0.5) is 0 Å². The molecule has 0 aromatic heterocycles. The standard InChI is InChI=1S/C47H74O18/c1-42(2)14-16-47(41(58)59)17-15-45(6)21(22(47)18-42)8-9-26-44(5)12-11-27(43(3,4)25(44)10-13-46(26,45)7)62-40-33(55)34(63-39-32(54)30(52)28(50)23(19-48)60-39)35(36(65-40)37(56)57)64-38-31(53)29(51)24(20-49)61-38/h8,22-36,38-40,48-55H,9-20H2,1-7H3,(H,56,57)(H,58,59). The molecule has 370 valence electrons. The first-order valence-electron chi connectivity index (χ1n) is 23.7. The molecule has 22 atom stereocenters. The van der Waals surface area contributed by atoms with Crippen LogP contribution in [-0.2, 0) is 38.0 Å². The van der Waals surface area contributed by atoms with Gasteiger partial charge in [-0.25, -0.2) is 4.79 Å². The Balaban J connectivity index is 1.06. The van der Waals surface area contributed by atoms with Gasteiger partial charge in [0.1, 0.15) is 61.0 Å². The molecule has 7 fully saturated rings. The molecular formula is C47H74O18. The highest BCUT2D eigenvalue weighted by atomic mass is 16.8. The molecule has 22 unspecified atom stereocenters. The number of aliphatic hydroxyl groups excluding tert-OH is 8. The van der Waals surface area contributed by atoms with Gasteiger partial charge in [-0.1, -0.05) is 60.1 Å². The average molecular weight is 927 g/mol. The summed E-state index contributed by atoms with van der Waals surface area (Å²) < 4.78 is 35.8. The van der Waals surface area contributed by atoms with E-state index >= 15 is 0 Å². The minimum atomic E-state index is -1.99. The van der Waals surface area contributed by atoms with Crippen LogP contribution >= 0.6 is 0 Å². The van der Waals surface area contributed by atoms with Crippen LogP contribution < -0.4 is 0 Å². The number of aliphatic carboxylic acids is 2. The van der Waals surface area contributed by atoms with Crippen LogP contribution in [0, 0.1) is 50.2 Å². The van der Waals surface area contributed by atoms with Crippen LogP contribution in [0.15, 0.2) is 11.6 Å². The molecule has 3 aliphatic heterocycles. The molecule has 10 N–H and O–H groups in total. The molecule has 18 nitrogen and oxygen atoms in total. The lowest BCUT2D eigenvalue weighted by molar-refractivity contribution is -0.378. The monoisotopic (exact) mass is 926 g/mol. The van der Waals surface area contributed by atoms with Crippen molar-refractivity contribution in [3.8, 4) is 0 Å². The second kappa shape index (κ2) is 17.2. The van der Waals surface area contributed by atoms with Crippen LogP contribution in [0.1, 0.15) is 113 Å². The Labute approximate surface area is 380 Å². The summed E-state index contributed by atoms with van der Waals surface area (Å²) in [6.45, 7) is 14.5. The lowest BCUT2D eigenvalue weighted by atomic mass is 9.33. The van der Waals surface area contributed by atoms with E-state index in [1.165, 1.54) is 5.57 Å². The normalized spacial score (nSPS) is 52.6. The summed E-state index contributed by atoms with van der Waals surface area (Å²) in [5.74, 6) is -1.89. The fourth-order valence-electron chi connectivity index (χ4n) is 14.9. The van der Waals surface area contributed by atoms with Crippen LogP contribution in [0.25, 0.3) is 0 Å². The predicted octanol–water partition coefficient (Wildman–Crippen LogP) is 1.44. The fraction of sp³-hybridized carbons (Fsp3) is 0.915. The molecule has 0 aromatic rings. The molecule has 65 heavy (non-hydrogen) atoms. The van der Waals surface area contributed by atoms with E-state index in [4.69, 9.17) is 28.4 Å². The van der Waals surface area contributed by atoms with Gasteiger partial charge in [-0.2, -0.15) is 0 Å².